The molecule has 0 aliphatic rings. The first-order valence-corrected chi connectivity index (χ1v) is 5.66. The third-order valence-corrected chi connectivity index (χ3v) is 2.85. The molecule has 1 heterocycles. The molecule has 0 aliphatic carbocycles. The number of ether oxygens (including phenoxy) is 1. The summed E-state index contributed by atoms with van der Waals surface area (Å²) in [6.07, 6.45) is 3.14. The van der Waals surface area contributed by atoms with E-state index in [1.807, 2.05) is 6.07 Å². The molecule has 0 aliphatic heterocycles. The highest BCUT2D eigenvalue weighted by Crippen LogP contribution is 2.34. The standard InChI is InChI=1S/C11H8BrClN2O/c12-8-2-1-7(14)5-11(8)16-10-3-4-15-6-9(10)13/h1-6H,14H2. The molecule has 82 valence electrons. The molecule has 0 atom stereocenters. The van der Waals surface area contributed by atoms with Crippen molar-refractivity contribution in [3.05, 3.63) is 46.2 Å². The smallest absolute Gasteiger partial charge is 0.149 e. The van der Waals surface area contributed by atoms with Crippen LogP contribution in [-0.2, 0) is 0 Å². The van der Waals surface area contributed by atoms with Crippen molar-refractivity contribution in [1.29, 1.82) is 0 Å². The van der Waals surface area contributed by atoms with Gasteiger partial charge in [-0.2, -0.15) is 0 Å². The van der Waals surface area contributed by atoms with Crippen LogP contribution < -0.4 is 10.5 Å². The molecule has 0 fully saturated rings. The molecule has 0 saturated carbocycles. The fourth-order valence-electron chi connectivity index (χ4n) is 1.16. The summed E-state index contributed by atoms with van der Waals surface area (Å²) in [4.78, 5) is 3.88. The first-order valence-electron chi connectivity index (χ1n) is 4.49. The lowest BCUT2D eigenvalue weighted by Crippen LogP contribution is -1.90. The second-order valence-electron chi connectivity index (χ2n) is 3.10. The number of anilines is 1. The Morgan fingerprint density at radius 1 is 1.25 bits per heavy atom. The predicted octanol–water partition coefficient (Wildman–Crippen LogP) is 3.87. The number of hydrogen-bond donors (Lipinski definition) is 1. The van der Waals surface area contributed by atoms with Crippen LogP contribution in [0.5, 0.6) is 11.5 Å². The van der Waals surface area contributed by atoms with Crippen molar-refractivity contribution in [1.82, 2.24) is 4.98 Å². The van der Waals surface area contributed by atoms with Crippen LogP contribution in [0.3, 0.4) is 0 Å². The van der Waals surface area contributed by atoms with Crippen LogP contribution in [0.15, 0.2) is 41.1 Å². The molecule has 0 saturated heterocycles. The number of aromatic nitrogens is 1. The third kappa shape index (κ3) is 2.46. The predicted molar refractivity (Wildman–Crippen MR) is 67.9 cm³/mol. The van der Waals surface area contributed by atoms with Crippen molar-refractivity contribution >= 4 is 33.2 Å². The summed E-state index contributed by atoms with van der Waals surface area (Å²) in [6, 6.07) is 7.02. The van der Waals surface area contributed by atoms with Gasteiger partial charge < -0.3 is 10.5 Å². The number of nitrogen functional groups attached to an aromatic ring is 1. The van der Waals surface area contributed by atoms with Crippen LogP contribution in [-0.4, -0.2) is 4.98 Å². The molecular formula is C11H8BrClN2O. The normalized spacial score (nSPS) is 10.1. The summed E-state index contributed by atoms with van der Waals surface area (Å²) in [5, 5.41) is 0.455. The minimum Gasteiger partial charge on any atom is -0.454 e. The molecule has 1 aromatic heterocycles. The summed E-state index contributed by atoms with van der Waals surface area (Å²) in [7, 11) is 0. The zero-order valence-corrected chi connectivity index (χ0v) is 10.5. The van der Waals surface area contributed by atoms with Crippen molar-refractivity contribution in [2.75, 3.05) is 5.73 Å². The molecule has 0 bridgehead atoms. The fourth-order valence-corrected chi connectivity index (χ4v) is 1.65. The monoisotopic (exact) mass is 298 g/mol. The highest BCUT2D eigenvalue weighted by Gasteiger charge is 2.06. The molecule has 2 rings (SSSR count). The van der Waals surface area contributed by atoms with Crippen LogP contribution >= 0.6 is 27.5 Å². The van der Waals surface area contributed by atoms with Gasteiger partial charge in [0.05, 0.1) is 4.47 Å². The van der Waals surface area contributed by atoms with E-state index in [1.165, 1.54) is 6.20 Å². The van der Waals surface area contributed by atoms with Crippen molar-refractivity contribution in [2.24, 2.45) is 0 Å². The van der Waals surface area contributed by atoms with Crippen molar-refractivity contribution in [3.63, 3.8) is 0 Å². The van der Waals surface area contributed by atoms with Gasteiger partial charge in [0.15, 0.2) is 0 Å². The van der Waals surface area contributed by atoms with Gasteiger partial charge in [0.25, 0.3) is 0 Å². The van der Waals surface area contributed by atoms with Crippen LogP contribution in [0.25, 0.3) is 0 Å². The molecule has 5 heteroatoms. The minimum absolute atomic E-state index is 0.455. The average molecular weight is 300 g/mol. The Kier molecular flexibility index (Phi) is 3.31. The van der Waals surface area contributed by atoms with Gasteiger partial charge in [-0.1, -0.05) is 11.6 Å². The summed E-state index contributed by atoms with van der Waals surface area (Å²) in [5.74, 6) is 1.16. The quantitative estimate of drug-likeness (QED) is 0.856. The van der Waals surface area contributed by atoms with Crippen LogP contribution in [0.2, 0.25) is 5.02 Å². The lowest BCUT2D eigenvalue weighted by molar-refractivity contribution is 0.479. The summed E-state index contributed by atoms with van der Waals surface area (Å²) in [5.41, 5.74) is 6.30. The summed E-state index contributed by atoms with van der Waals surface area (Å²) in [6.45, 7) is 0. The Bertz CT molecular complexity index is 519. The van der Waals surface area contributed by atoms with Crippen LogP contribution in [0.1, 0.15) is 0 Å². The number of benzene rings is 1. The maximum atomic E-state index is 5.93. The van der Waals surface area contributed by atoms with Crippen molar-refractivity contribution < 1.29 is 4.74 Å². The van der Waals surface area contributed by atoms with Gasteiger partial charge in [-0.05, 0) is 28.1 Å². The number of nitrogens with zero attached hydrogens (tertiary/aromatic N) is 1. The van der Waals surface area contributed by atoms with Gasteiger partial charge in [-0.3, -0.25) is 4.98 Å². The number of rotatable bonds is 2. The third-order valence-electron chi connectivity index (χ3n) is 1.91. The van der Waals surface area contributed by atoms with E-state index >= 15 is 0 Å². The largest absolute Gasteiger partial charge is 0.454 e. The van der Waals surface area contributed by atoms with Crippen LogP contribution in [0.4, 0.5) is 5.69 Å². The van der Waals surface area contributed by atoms with Gasteiger partial charge in [0, 0.05) is 30.2 Å². The molecule has 0 radical (unpaired) electrons. The zero-order chi connectivity index (χ0) is 11.5. The van der Waals surface area contributed by atoms with Gasteiger partial charge >= 0.3 is 0 Å². The number of pyridine rings is 1. The topological polar surface area (TPSA) is 48.1 Å². The highest BCUT2D eigenvalue weighted by molar-refractivity contribution is 9.10. The molecule has 3 nitrogen and oxygen atoms in total. The van der Waals surface area contributed by atoms with Gasteiger partial charge in [-0.25, -0.2) is 0 Å². The Hall–Kier alpha value is -1.26. The maximum absolute atomic E-state index is 5.93. The molecular weight excluding hydrogens is 291 g/mol. The Morgan fingerprint density at radius 2 is 2.06 bits per heavy atom. The van der Waals surface area contributed by atoms with Gasteiger partial charge in [0.2, 0.25) is 0 Å². The number of halogens is 2. The van der Waals surface area contributed by atoms with Crippen LogP contribution in [0, 0.1) is 0 Å². The van der Waals surface area contributed by atoms with E-state index in [0.717, 1.165) is 4.47 Å². The van der Waals surface area contributed by atoms with E-state index in [2.05, 4.69) is 20.9 Å². The molecule has 2 N–H and O–H groups in total. The fraction of sp³-hybridized carbons (Fsp3) is 0. The lowest BCUT2D eigenvalue weighted by atomic mass is 10.3. The van der Waals surface area contributed by atoms with Crippen molar-refractivity contribution in [3.8, 4) is 11.5 Å². The second-order valence-corrected chi connectivity index (χ2v) is 4.36. The first kappa shape index (κ1) is 11.2. The minimum atomic E-state index is 0.455. The van der Waals surface area contributed by atoms with Gasteiger partial charge in [-0.15, -0.1) is 0 Å². The van der Waals surface area contributed by atoms with Crippen molar-refractivity contribution in [2.45, 2.75) is 0 Å². The lowest BCUT2D eigenvalue weighted by Gasteiger charge is -2.09. The van der Waals surface area contributed by atoms with E-state index in [9.17, 15) is 0 Å². The second kappa shape index (κ2) is 4.72. The van der Waals surface area contributed by atoms with E-state index < -0.39 is 0 Å². The van der Waals surface area contributed by atoms with E-state index in [0.29, 0.717) is 22.2 Å². The molecule has 0 amide bonds. The number of hydrogen-bond acceptors (Lipinski definition) is 3. The Morgan fingerprint density at radius 3 is 2.81 bits per heavy atom. The summed E-state index contributed by atoms with van der Waals surface area (Å²) < 4.78 is 6.44. The van der Waals surface area contributed by atoms with E-state index in [4.69, 9.17) is 22.1 Å². The summed E-state index contributed by atoms with van der Waals surface area (Å²) >= 11 is 9.31. The van der Waals surface area contributed by atoms with E-state index in [1.54, 1.807) is 24.4 Å². The highest BCUT2D eigenvalue weighted by atomic mass is 79.9. The molecule has 2 aromatic rings. The maximum Gasteiger partial charge on any atom is 0.149 e. The molecule has 0 spiro atoms. The average Bonchev–Trinajstić information content (AvgIpc) is 2.27. The molecule has 16 heavy (non-hydrogen) atoms. The SMILES string of the molecule is Nc1ccc(Br)c(Oc2ccncc2Cl)c1. The Balaban J connectivity index is 2.34. The first-order chi connectivity index (χ1) is 7.66. The molecule has 0 unspecified atom stereocenters. The zero-order valence-electron chi connectivity index (χ0n) is 8.15. The number of nitrogens with two attached hydrogens (primary N) is 1. The van der Waals surface area contributed by atoms with E-state index in [-0.39, 0.29) is 0 Å². The van der Waals surface area contributed by atoms with Gasteiger partial charge in [0.1, 0.15) is 16.5 Å². The molecule has 1 aromatic carbocycles. The Labute approximate surface area is 106 Å².